The summed E-state index contributed by atoms with van der Waals surface area (Å²) in [5.41, 5.74) is 7.60. The van der Waals surface area contributed by atoms with Crippen molar-refractivity contribution >= 4 is 30.1 Å². The third-order valence-electron chi connectivity index (χ3n) is 9.16. The minimum atomic E-state index is -0.765. The number of amidine groups is 1. The van der Waals surface area contributed by atoms with E-state index in [2.05, 4.69) is 49.2 Å². The fourth-order valence-corrected chi connectivity index (χ4v) is 6.73. The van der Waals surface area contributed by atoms with Gasteiger partial charge in [0.2, 0.25) is 0 Å². The van der Waals surface area contributed by atoms with Crippen LogP contribution in [0.1, 0.15) is 79.5 Å². The maximum Gasteiger partial charge on any atom is 0.275 e. The molecule has 0 bridgehead atoms. The lowest BCUT2D eigenvalue weighted by atomic mass is 9.66. The number of hydrogen-bond donors (Lipinski definition) is 2. The van der Waals surface area contributed by atoms with Crippen LogP contribution in [0.2, 0.25) is 0 Å². The van der Waals surface area contributed by atoms with E-state index < -0.39 is 11.5 Å². The molecule has 2 aliphatic rings. The first-order chi connectivity index (χ1) is 20.9. The van der Waals surface area contributed by atoms with E-state index in [9.17, 15) is 14.0 Å². The van der Waals surface area contributed by atoms with Gasteiger partial charge in [-0.3, -0.25) is 14.6 Å². The normalized spacial score (nSPS) is 21.9. The zero-order valence-corrected chi connectivity index (χ0v) is 26.1. The lowest BCUT2D eigenvalue weighted by Gasteiger charge is -2.47. The highest BCUT2D eigenvalue weighted by Crippen LogP contribution is 2.49. The molecule has 0 radical (unpaired) electrons. The van der Waals surface area contributed by atoms with Crippen molar-refractivity contribution in [1.82, 2.24) is 10.2 Å². The molecule has 1 saturated carbocycles. The molecule has 8 nitrogen and oxygen atoms in total. The lowest BCUT2D eigenvalue weighted by molar-refractivity contribution is -0.132. The number of carbonyl (C=O) groups excluding carboxylic acids is 2. The van der Waals surface area contributed by atoms with Crippen LogP contribution >= 0.6 is 0 Å². The molecule has 44 heavy (non-hydrogen) atoms. The number of nitrogens with two attached hydrogens (primary N) is 1. The lowest BCUT2D eigenvalue weighted by Crippen LogP contribution is -2.51. The number of rotatable bonds is 11. The van der Waals surface area contributed by atoms with Crippen LogP contribution in [0.5, 0.6) is 0 Å². The third kappa shape index (κ3) is 6.56. The number of aryl methyl sites for hydroxylation is 1. The summed E-state index contributed by atoms with van der Waals surface area (Å²) >= 11 is 0. The van der Waals surface area contributed by atoms with E-state index in [-0.39, 0.29) is 47.3 Å². The van der Waals surface area contributed by atoms with Crippen molar-refractivity contribution in [3.8, 4) is 0 Å². The van der Waals surface area contributed by atoms with Crippen LogP contribution in [0.3, 0.4) is 0 Å². The number of hydrogen-bond acceptors (Lipinski definition) is 5. The number of aliphatic imine (C=N–C) groups is 1. The number of nitrogens with zero attached hydrogens (tertiary/aromatic N) is 4. The highest BCUT2D eigenvalue weighted by Gasteiger charge is 2.52. The van der Waals surface area contributed by atoms with Gasteiger partial charge in [-0.1, -0.05) is 38.1 Å². The summed E-state index contributed by atoms with van der Waals surface area (Å²) in [6.45, 7) is 19.6. The topological polar surface area (TPSA) is 113 Å². The standard InChI is InChI=1S/C35H43FN6O2/c1-8-29(34(5,6)9-2)25-14-16-35(17-15-25)40-31(27-18-22(3)19-28(36)20-27)33(44)42(35)23(4)24-10-12-26(13-11-24)32(43)39-21-30(37)41-38-7/h8-13,18-20,23,25,29H,1-2,7,14-17,21H2,3-6H3,(H2,37,41)(H,39,43). The summed E-state index contributed by atoms with van der Waals surface area (Å²) in [4.78, 5) is 33.9. The Morgan fingerprint density at radius 1 is 1.23 bits per heavy atom. The van der Waals surface area contributed by atoms with Crippen molar-refractivity contribution in [3.63, 3.8) is 0 Å². The summed E-state index contributed by atoms with van der Waals surface area (Å²) < 4.78 is 14.5. The van der Waals surface area contributed by atoms with Crippen LogP contribution in [-0.2, 0) is 4.79 Å². The first-order valence-electron chi connectivity index (χ1n) is 15.0. The quantitative estimate of drug-likeness (QED) is 0.140. The second-order valence-electron chi connectivity index (χ2n) is 12.5. The second kappa shape index (κ2) is 13.1. The van der Waals surface area contributed by atoms with Gasteiger partial charge in [-0.2, -0.15) is 5.10 Å². The van der Waals surface area contributed by atoms with Gasteiger partial charge in [0, 0.05) is 17.8 Å². The molecule has 2 unspecified atom stereocenters. The molecule has 1 aliphatic carbocycles. The predicted molar refractivity (Wildman–Crippen MR) is 175 cm³/mol. The summed E-state index contributed by atoms with van der Waals surface area (Å²) in [7, 11) is 0. The maximum absolute atomic E-state index is 14.5. The van der Waals surface area contributed by atoms with Crippen LogP contribution < -0.4 is 11.1 Å². The van der Waals surface area contributed by atoms with E-state index in [4.69, 9.17) is 10.7 Å². The smallest absolute Gasteiger partial charge is 0.275 e. The van der Waals surface area contributed by atoms with E-state index in [0.29, 0.717) is 29.9 Å². The average Bonchev–Trinajstić information content (AvgIpc) is 3.27. The van der Waals surface area contributed by atoms with Crippen LogP contribution in [0, 0.1) is 30.0 Å². The van der Waals surface area contributed by atoms with Gasteiger partial charge in [0.25, 0.3) is 11.8 Å². The highest BCUT2D eigenvalue weighted by molar-refractivity contribution is 6.46. The van der Waals surface area contributed by atoms with E-state index in [1.54, 1.807) is 19.1 Å². The summed E-state index contributed by atoms with van der Waals surface area (Å²) in [5.74, 6) is -0.188. The van der Waals surface area contributed by atoms with E-state index >= 15 is 0 Å². The number of benzene rings is 2. The zero-order chi connectivity index (χ0) is 32.2. The van der Waals surface area contributed by atoms with Gasteiger partial charge in [-0.15, -0.1) is 18.3 Å². The largest absolute Gasteiger partial charge is 0.384 e. The van der Waals surface area contributed by atoms with Crippen molar-refractivity contribution in [2.24, 2.45) is 38.2 Å². The number of amides is 2. The summed E-state index contributed by atoms with van der Waals surface area (Å²) in [6, 6.07) is 11.4. The van der Waals surface area contributed by atoms with Gasteiger partial charge < -0.3 is 16.0 Å². The average molecular weight is 599 g/mol. The summed E-state index contributed by atoms with van der Waals surface area (Å²) in [5, 5.41) is 9.66. The van der Waals surface area contributed by atoms with Crippen molar-refractivity contribution in [3.05, 3.63) is 95.8 Å². The Labute approximate surface area is 259 Å². The van der Waals surface area contributed by atoms with Crippen molar-refractivity contribution in [2.75, 3.05) is 6.54 Å². The molecular weight excluding hydrogens is 555 g/mol. The van der Waals surface area contributed by atoms with Crippen LogP contribution in [-0.4, -0.2) is 47.2 Å². The molecule has 4 rings (SSSR count). The van der Waals surface area contributed by atoms with Crippen molar-refractivity contribution in [1.29, 1.82) is 0 Å². The fourth-order valence-electron chi connectivity index (χ4n) is 6.73. The SMILES string of the molecule is C=CC(C1CCC2(CC1)N=C(c1cc(C)cc(F)c1)C(=O)N2C(C)c1ccc(C(=O)NCC(N)=NN=C)cc1)C(C)(C)C=C. The number of halogens is 1. The molecular formula is C35H43FN6O2. The number of nitrogens with one attached hydrogen (secondary N) is 1. The van der Waals surface area contributed by atoms with Gasteiger partial charge in [-0.25, -0.2) is 4.39 Å². The second-order valence-corrected chi connectivity index (χ2v) is 12.5. The Hall–Kier alpha value is -4.40. The fraction of sp³-hybridized carbons (Fsp3) is 0.400. The van der Waals surface area contributed by atoms with Crippen LogP contribution in [0.4, 0.5) is 4.39 Å². The first-order valence-corrected chi connectivity index (χ1v) is 15.0. The monoisotopic (exact) mass is 598 g/mol. The molecule has 232 valence electrons. The minimum absolute atomic E-state index is 0.0398. The Morgan fingerprint density at radius 2 is 1.89 bits per heavy atom. The van der Waals surface area contributed by atoms with E-state index in [1.165, 1.54) is 12.1 Å². The molecule has 2 aromatic carbocycles. The molecule has 2 amide bonds. The van der Waals surface area contributed by atoms with Gasteiger partial charge in [-0.05, 0) is 98.2 Å². The molecule has 1 spiro atoms. The first kappa shape index (κ1) is 32.5. The Kier molecular flexibility index (Phi) is 9.66. The van der Waals surface area contributed by atoms with Gasteiger partial charge in [0.05, 0.1) is 12.6 Å². The minimum Gasteiger partial charge on any atom is -0.384 e. The maximum atomic E-state index is 14.5. The van der Waals surface area contributed by atoms with Crippen LogP contribution in [0.15, 0.2) is 83.0 Å². The van der Waals surface area contributed by atoms with Crippen molar-refractivity contribution in [2.45, 2.75) is 65.1 Å². The van der Waals surface area contributed by atoms with E-state index in [1.807, 2.05) is 42.2 Å². The Morgan fingerprint density at radius 3 is 2.45 bits per heavy atom. The van der Waals surface area contributed by atoms with Gasteiger partial charge in [0.15, 0.2) is 0 Å². The molecule has 1 fully saturated rings. The molecule has 2 aromatic rings. The molecule has 0 aromatic heterocycles. The molecule has 1 aliphatic heterocycles. The predicted octanol–water partition coefficient (Wildman–Crippen LogP) is 6.13. The van der Waals surface area contributed by atoms with Gasteiger partial charge >= 0.3 is 0 Å². The molecule has 0 saturated heterocycles. The molecule has 2 atom stereocenters. The highest BCUT2D eigenvalue weighted by atomic mass is 19.1. The van der Waals surface area contributed by atoms with E-state index in [0.717, 1.165) is 24.0 Å². The third-order valence-corrected chi connectivity index (χ3v) is 9.16. The Balaban J connectivity index is 1.64. The molecule has 3 N–H and O–H groups in total. The van der Waals surface area contributed by atoms with Crippen molar-refractivity contribution < 1.29 is 14.0 Å². The molecule has 9 heteroatoms. The van der Waals surface area contributed by atoms with Crippen LogP contribution in [0.25, 0.3) is 0 Å². The number of allylic oxidation sites excluding steroid dienone is 2. The number of carbonyl (C=O) groups is 2. The van der Waals surface area contributed by atoms with Gasteiger partial charge in [0.1, 0.15) is 23.0 Å². The zero-order valence-electron chi connectivity index (χ0n) is 26.1. The molecule has 1 heterocycles. The Bertz CT molecular complexity index is 1480. The summed E-state index contributed by atoms with van der Waals surface area (Å²) in [6.07, 6.45) is 7.08.